The second-order valence-electron chi connectivity index (χ2n) is 4.60. The van der Waals surface area contributed by atoms with Crippen molar-refractivity contribution in [3.05, 3.63) is 0 Å². The molecule has 0 spiro atoms. The van der Waals surface area contributed by atoms with Gasteiger partial charge < -0.3 is 20.5 Å². The summed E-state index contributed by atoms with van der Waals surface area (Å²) in [6.07, 6.45) is 1.51. The normalized spacial score (nSPS) is 43.7. The van der Waals surface area contributed by atoms with Gasteiger partial charge in [0.1, 0.15) is 6.29 Å². The van der Waals surface area contributed by atoms with Crippen molar-refractivity contribution in [1.82, 2.24) is 10.6 Å². The van der Waals surface area contributed by atoms with E-state index < -0.39 is 11.6 Å². The molecule has 5 heteroatoms. The van der Waals surface area contributed by atoms with Crippen LogP contribution in [-0.2, 0) is 9.59 Å². The van der Waals surface area contributed by atoms with Crippen molar-refractivity contribution in [1.29, 1.82) is 0 Å². The van der Waals surface area contributed by atoms with Crippen LogP contribution >= 0.6 is 0 Å². The van der Waals surface area contributed by atoms with Gasteiger partial charge in [-0.2, -0.15) is 0 Å². The smallest absolute Gasteiger partial charge is 0.238 e. The van der Waals surface area contributed by atoms with Crippen molar-refractivity contribution < 1.29 is 14.7 Å². The van der Waals surface area contributed by atoms with Crippen LogP contribution in [0.2, 0.25) is 0 Å². The number of nitrogens with one attached hydrogen (secondary N) is 2. The van der Waals surface area contributed by atoms with Crippen molar-refractivity contribution in [3.63, 3.8) is 0 Å². The Morgan fingerprint density at radius 1 is 1.67 bits per heavy atom. The highest BCUT2D eigenvalue weighted by atomic mass is 16.3. The second kappa shape index (κ2) is 3.57. The van der Waals surface area contributed by atoms with Crippen molar-refractivity contribution in [2.45, 2.75) is 37.5 Å². The quantitative estimate of drug-likeness (QED) is 0.514. The number of rotatable bonds is 3. The van der Waals surface area contributed by atoms with Crippen molar-refractivity contribution in [3.8, 4) is 0 Å². The van der Waals surface area contributed by atoms with E-state index in [2.05, 4.69) is 10.6 Å². The fraction of sp³-hybridized carbons (Fsp3) is 0.800. The molecule has 84 valence electrons. The van der Waals surface area contributed by atoms with E-state index in [-0.39, 0.29) is 17.9 Å². The summed E-state index contributed by atoms with van der Waals surface area (Å²) in [5.41, 5.74) is -0.633. The molecule has 1 aliphatic heterocycles. The number of β-amino-alcohol motifs (C(OH)–C–C–N with tert-alkyl or cyclic N) is 1. The molecule has 15 heavy (non-hydrogen) atoms. The average Bonchev–Trinajstić information content (AvgIpc) is 2.62. The highest BCUT2D eigenvalue weighted by Crippen LogP contribution is 2.41. The van der Waals surface area contributed by atoms with E-state index >= 15 is 0 Å². The largest absolute Gasteiger partial charge is 0.392 e. The Kier molecular flexibility index (Phi) is 2.52. The average molecular weight is 212 g/mol. The lowest BCUT2D eigenvalue weighted by molar-refractivity contribution is -0.126. The lowest BCUT2D eigenvalue weighted by Crippen LogP contribution is -2.48. The van der Waals surface area contributed by atoms with E-state index in [9.17, 15) is 14.7 Å². The number of aldehydes is 1. The minimum Gasteiger partial charge on any atom is -0.392 e. The second-order valence-corrected chi connectivity index (χ2v) is 4.60. The van der Waals surface area contributed by atoms with Crippen LogP contribution in [0.1, 0.15) is 19.8 Å². The van der Waals surface area contributed by atoms with Gasteiger partial charge in [0.25, 0.3) is 0 Å². The molecule has 2 aliphatic rings. The molecule has 2 fully saturated rings. The first-order valence-corrected chi connectivity index (χ1v) is 5.27. The van der Waals surface area contributed by atoms with Gasteiger partial charge in [0.2, 0.25) is 5.91 Å². The summed E-state index contributed by atoms with van der Waals surface area (Å²) in [6.45, 7) is 2.38. The number of carbonyl (C=O) groups excluding carboxylic acids is 2. The molecule has 0 bridgehead atoms. The molecule has 1 amide bonds. The molecule has 1 heterocycles. The fourth-order valence-corrected chi connectivity index (χ4v) is 2.05. The van der Waals surface area contributed by atoms with Crippen molar-refractivity contribution in [2.75, 3.05) is 6.54 Å². The highest BCUT2D eigenvalue weighted by molar-refractivity contribution is 5.88. The highest BCUT2D eigenvalue weighted by Gasteiger charge is 2.53. The Morgan fingerprint density at radius 3 is 2.73 bits per heavy atom. The van der Waals surface area contributed by atoms with E-state index in [0.717, 1.165) is 12.7 Å². The minimum absolute atomic E-state index is 0.178. The standard InChI is InChI=1S/C10H16N2O3/c1-6-3-10(6,5-13)12-9(15)8-2-7(14)4-11-8/h5-8,11,14H,2-4H2,1H3,(H,12,15)/t6-,7-,8+,10+/m1/s1. The number of aliphatic hydroxyl groups excluding tert-OH is 1. The zero-order valence-corrected chi connectivity index (χ0v) is 8.69. The SMILES string of the molecule is C[C@@H]1C[C@@]1(C=O)NC(=O)[C@@H]1C[C@@H](O)CN1. The minimum atomic E-state index is -0.633. The van der Waals surface area contributed by atoms with Gasteiger partial charge in [-0.3, -0.25) is 4.79 Å². The molecule has 1 saturated carbocycles. The van der Waals surface area contributed by atoms with Gasteiger partial charge in [0.05, 0.1) is 17.7 Å². The first-order chi connectivity index (χ1) is 7.07. The summed E-state index contributed by atoms with van der Waals surface area (Å²) >= 11 is 0. The van der Waals surface area contributed by atoms with E-state index in [0.29, 0.717) is 13.0 Å². The van der Waals surface area contributed by atoms with Gasteiger partial charge in [-0.25, -0.2) is 0 Å². The van der Waals surface area contributed by atoms with Crippen LogP contribution in [0.3, 0.4) is 0 Å². The van der Waals surface area contributed by atoms with E-state index in [1.165, 1.54) is 0 Å². The Bertz CT molecular complexity index is 294. The molecule has 0 aromatic rings. The van der Waals surface area contributed by atoms with Crippen LogP contribution in [0, 0.1) is 5.92 Å². The predicted molar refractivity (Wildman–Crippen MR) is 53.1 cm³/mol. The third-order valence-corrected chi connectivity index (χ3v) is 3.35. The van der Waals surface area contributed by atoms with Crippen LogP contribution in [0.4, 0.5) is 0 Å². The lowest BCUT2D eigenvalue weighted by atomic mass is 10.1. The Labute approximate surface area is 88.2 Å². The zero-order chi connectivity index (χ0) is 11.1. The fourth-order valence-electron chi connectivity index (χ4n) is 2.05. The number of carbonyl (C=O) groups is 2. The predicted octanol–water partition coefficient (Wildman–Crippen LogP) is -1.20. The topological polar surface area (TPSA) is 78.4 Å². The molecule has 1 saturated heterocycles. The monoisotopic (exact) mass is 212 g/mol. The Hall–Kier alpha value is -0.940. The number of hydrogen-bond donors (Lipinski definition) is 3. The van der Waals surface area contributed by atoms with Crippen molar-refractivity contribution in [2.24, 2.45) is 5.92 Å². The number of amides is 1. The van der Waals surface area contributed by atoms with Gasteiger partial charge in [0.15, 0.2) is 0 Å². The summed E-state index contributed by atoms with van der Waals surface area (Å²) in [7, 11) is 0. The molecule has 4 atom stereocenters. The van der Waals surface area contributed by atoms with Crippen LogP contribution < -0.4 is 10.6 Å². The molecule has 2 rings (SSSR count). The zero-order valence-electron chi connectivity index (χ0n) is 8.69. The molecule has 3 N–H and O–H groups in total. The lowest BCUT2D eigenvalue weighted by Gasteiger charge is -2.15. The van der Waals surface area contributed by atoms with Gasteiger partial charge >= 0.3 is 0 Å². The first kappa shape index (κ1) is 10.6. The van der Waals surface area contributed by atoms with Crippen LogP contribution in [0.15, 0.2) is 0 Å². The molecule has 0 unspecified atom stereocenters. The Balaban J connectivity index is 1.90. The van der Waals surface area contributed by atoms with Gasteiger partial charge in [-0.15, -0.1) is 0 Å². The van der Waals surface area contributed by atoms with E-state index in [1.54, 1.807) is 0 Å². The molecular formula is C10H16N2O3. The van der Waals surface area contributed by atoms with Crippen LogP contribution in [-0.4, -0.2) is 41.5 Å². The number of hydrogen-bond acceptors (Lipinski definition) is 4. The summed E-state index contributed by atoms with van der Waals surface area (Å²) in [4.78, 5) is 22.5. The third kappa shape index (κ3) is 1.89. The van der Waals surface area contributed by atoms with Gasteiger partial charge in [-0.1, -0.05) is 6.92 Å². The summed E-state index contributed by atoms with van der Waals surface area (Å²) in [6, 6.07) is -0.357. The third-order valence-electron chi connectivity index (χ3n) is 3.35. The maximum absolute atomic E-state index is 11.7. The van der Waals surface area contributed by atoms with Crippen LogP contribution in [0.25, 0.3) is 0 Å². The van der Waals surface area contributed by atoms with Crippen molar-refractivity contribution >= 4 is 12.2 Å². The summed E-state index contributed by atoms with van der Waals surface area (Å²) in [5, 5.41) is 14.9. The van der Waals surface area contributed by atoms with E-state index in [4.69, 9.17) is 0 Å². The van der Waals surface area contributed by atoms with E-state index in [1.807, 2.05) is 6.92 Å². The Morgan fingerprint density at radius 2 is 2.33 bits per heavy atom. The summed E-state index contributed by atoms with van der Waals surface area (Å²) in [5.74, 6) is 0.0493. The molecule has 0 aromatic carbocycles. The maximum Gasteiger partial charge on any atom is 0.238 e. The molecule has 1 aliphatic carbocycles. The molecule has 0 radical (unpaired) electrons. The van der Waals surface area contributed by atoms with Gasteiger partial charge in [0, 0.05) is 6.54 Å². The molecule has 5 nitrogen and oxygen atoms in total. The maximum atomic E-state index is 11.7. The molecule has 0 aromatic heterocycles. The first-order valence-electron chi connectivity index (χ1n) is 5.27. The summed E-state index contributed by atoms with van der Waals surface area (Å²) < 4.78 is 0. The van der Waals surface area contributed by atoms with Crippen LogP contribution in [0.5, 0.6) is 0 Å². The van der Waals surface area contributed by atoms with Gasteiger partial charge in [-0.05, 0) is 18.8 Å². The number of aliphatic hydroxyl groups is 1. The molecular weight excluding hydrogens is 196 g/mol.